The summed E-state index contributed by atoms with van der Waals surface area (Å²) >= 11 is 6.18. The van der Waals surface area contributed by atoms with Gasteiger partial charge in [0, 0.05) is 18.3 Å². The molecule has 0 unspecified atom stereocenters. The molecule has 0 aliphatic heterocycles. The van der Waals surface area contributed by atoms with Crippen molar-refractivity contribution >= 4 is 28.5 Å². The van der Waals surface area contributed by atoms with Gasteiger partial charge >= 0.3 is 0 Å². The van der Waals surface area contributed by atoms with E-state index in [0.29, 0.717) is 23.7 Å². The molecular weight excluding hydrogens is 362 g/mol. The molecule has 0 fully saturated rings. The minimum Gasteiger partial charge on any atom is -0.345 e. The molecule has 0 spiro atoms. The van der Waals surface area contributed by atoms with Gasteiger partial charge in [0.25, 0.3) is 5.91 Å². The van der Waals surface area contributed by atoms with E-state index in [1.54, 1.807) is 17.1 Å². The molecule has 0 radical (unpaired) electrons. The molecule has 27 heavy (non-hydrogen) atoms. The number of hydrogen-bond donors (Lipinski definition) is 1. The standard InChI is InChI=1S/C20H18ClN5O/c1-25-18-9-5-4-8-17(18)24-19(25)11-22-20(27)15-10-23-26(13-15)12-14-6-2-3-7-16(14)21/h2-10,13H,11-12H2,1H3,(H,22,27). The molecule has 2 heterocycles. The summed E-state index contributed by atoms with van der Waals surface area (Å²) in [6.07, 6.45) is 3.27. The fraction of sp³-hybridized carbons (Fsp3) is 0.150. The van der Waals surface area contributed by atoms with E-state index in [4.69, 9.17) is 11.6 Å². The maximum Gasteiger partial charge on any atom is 0.254 e. The molecular formula is C20H18ClN5O. The number of benzene rings is 2. The van der Waals surface area contributed by atoms with Crippen LogP contribution in [0.1, 0.15) is 21.7 Å². The van der Waals surface area contributed by atoms with Crippen LogP contribution in [0.4, 0.5) is 0 Å². The van der Waals surface area contributed by atoms with Crippen molar-refractivity contribution in [2.24, 2.45) is 7.05 Å². The molecule has 2 aromatic heterocycles. The Morgan fingerprint density at radius 2 is 1.93 bits per heavy atom. The van der Waals surface area contributed by atoms with E-state index in [2.05, 4.69) is 15.4 Å². The quantitative estimate of drug-likeness (QED) is 0.578. The minimum atomic E-state index is -0.188. The number of fused-ring (bicyclic) bond motifs is 1. The van der Waals surface area contributed by atoms with Gasteiger partial charge in [-0.1, -0.05) is 41.9 Å². The number of amides is 1. The summed E-state index contributed by atoms with van der Waals surface area (Å²) in [4.78, 5) is 17.0. The second kappa shape index (κ2) is 7.25. The maximum absolute atomic E-state index is 12.4. The molecule has 7 heteroatoms. The first-order valence-electron chi connectivity index (χ1n) is 8.56. The van der Waals surface area contributed by atoms with Gasteiger partial charge in [-0.3, -0.25) is 9.48 Å². The number of halogens is 1. The van der Waals surface area contributed by atoms with Gasteiger partial charge in [-0.15, -0.1) is 0 Å². The molecule has 136 valence electrons. The molecule has 0 bridgehead atoms. The molecule has 1 N–H and O–H groups in total. The van der Waals surface area contributed by atoms with Crippen LogP contribution in [-0.4, -0.2) is 25.2 Å². The predicted molar refractivity (Wildman–Crippen MR) is 105 cm³/mol. The van der Waals surface area contributed by atoms with E-state index < -0.39 is 0 Å². The molecule has 0 atom stereocenters. The number of nitrogens with one attached hydrogen (secondary N) is 1. The molecule has 0 aliphatic carbocycles. The molecule has 4 rings (SSSR count). The van der Waals surface area contributed by atoms with Crippen LogP contribution in [-0.2, 0) is 20.1 Å². The number of aromatic nitrogens is 4. The Labute approximate surface area is 161 Å². The van der Waals surface area contributed by atoms with E-state index in [-0.39, 0.29) is 5.91 Å². The number of rotatable bonds is 5. The Bertz CT molecular complexity index is 1110. The van der Waals surface area contributed by atoms with E-state index in [1.807, 2.05) is 60.1 Å². The van der Waals surface area contributed by atoms with Crippen molar-refractivity contribution in [2.45, 2.75) is 13.1 Å². The monoisotopic (exact) mass is 379 g/mol. The van der Waals surface area contributed by atoms with E-state index in [1.165, 1.54) is 0 Å². The smallest absolute Gasteiger partial charge is 0.254 e. The van der Waals surface area contributed by atoms with Gasteiger partial charge in [0.05, 0.1) is 35.9 Å². The lowest BCUT2D eigenvalue weighted by atomic mass is 10.2. The van der Waals surface area contributed by atoms with Crippen LogP contribution in [0.2, 0.25) is 5.02 Å². The Kier molecular flexibility index (Phi) is 4.64. The van der Waals surface area contributed by atoms with Crippen molar-refractivity contribution < 1.29 is 4.79 Å². The second-order valence-corrected chi connectivity index (χ2v) is 6.68. The SMILES string of the molecule is Cn1c(CNC(=O)c2cnn(Cc3ccccc3Cl)c2)nc2ccccc21. The zero-order valence-corrected chi connectivity index (χ0v) is 15.5. The van der Waals surface area contributed by atoms with Crippen molar-refractivity contribution in [1.82, 2.24) is 24.6 Å². The van der Waals surface area contributed by atoms with Crippen LogP contribution in [0.5, 0.6) is 0 Å². The van der Waals surface area contributed by atoms with E-state index in [9.17, 15) is 4.79 Å². The number of carbonyl (C=O) groups is 1. The second-order valence-electron chi connectivity index (χ2n) is 6.28. The average Bonchev–Trinajstić information content (AvgIpc) is 3.27. The van der Waals surface area contributed by atoms with Gasteiger partial charge in [-0.2, -0.15) is 5.10 Å². The van der Waals surface area contributed by atoms with Crippen LogP contribution >= 0.6 is 11.6 Å². The number of para-hydroxylation sites is 2. The van der Waals surface area contributed by atoms with Crippen molar-refractivity contribution in [3.8, 4) is 0 Å². The first kappa shape index (κ1) is 17.3. The molecule has 1 amide bonds. The Morgan fingerprint density at radius 3 is 2.74 bits per heavy atom. The van der Waals surface area contributed by atoms with Gasteiger partial charge in [-0.05, 0) is 23.8 Å². The third-order valence-electron chi connectivity index (χ3n) is 4.47. The van der Waals surface area contributed by atoms with E-state index >= 15 is 0 Å². The van der Waals surface area contributed by atoms with Crippen LogP contribution in [0.25, 0.3) is 11.0 Å². The number of carbonyl (C=O) groups excluding carboxylic acids is 1. The normalized spacial score (nSPS) is 11.0. The van der Waals surface area contributed by atoms with E-state index in [0.717, 1.165) is 22.4 Å². The number of imidazole rings is 1. The third-order valence-corrected chi connectivity index (χ3v) is 4.84. The largest absolute Gasteiger partial charge is 0.345 e. The number of nitrogens with zero attached hydrogens (tertiary/aromatic N) is 4. The summed E-state index contributed by atoms with van der Waals surface area (Å²) in [5, 5.41) is 7.84. The Hall–Kier alpha value is -3.12. The van der Waals surface area contributed by atoms with Crippen molar-refractivity contribution in [3.05, 3.63) is 82.9 Å². The summed E-state index contributed by atoms with van der Waals surface area (Å²) in [5.41, 5.74) is 3.40. The van der Waals surface area contributed by atoms with Gasteiger partial charge in [0.2, 0.25) is 0 Å². The van der Waals surface area contributed by atoms with Crippen LogP contribution in [0.3, 0.4) is 0 Å². The van der Waals surface area contributed by atoms with Gasteiger partial charge < -0.3 is 9.88 Å². The lowest BCUT2D eigenvalue weighted by Crippen LogP contribution is -2.24. The summed E-state index contributed by atoms with van der Waals surface area (Å²) in [5.74, 6) is 0.612. The van der Waals surface area contributed by atoms with Crippen molar-refractivity contribution in [2.75, 3.05) is 0 Å². The molecule has 6 nitrogen and oxygen atoms in total. The zero-order valence-electron chi connectivity index (χ0n) is 14.8. The van der Waals surface area contributed by atoms with Crippen LogP contribution in [0, 0.1) is 0 Å². The average molecular weight is 380 g/mol. The number of hydrogen-bond acceptors (Lipinski definition) is 3. The number of aryl methyl sites for hydroxylation is 1. The van der Waals surface area contributed by atoms with Crippen LogP contribution in [0.15, 0.2) is 60.9 Å². The van der Waals surface area contributed by atoms with Gasteiger partial charge in [-0.25, -0.2) is 4.98 Å². The summed E-state index contributed by atoms with van der Waals surface area (Å²) in [6.45, 7) is 0.859. The third kappa shape index (κ3) is 3.57. The maximum atomic E-state index is 12.4. The minimum absolute atomic E-state index is 0.188. The van der Waals surface area contributed by atoms with Crippen molar-refractivity contribution in [3.63, 3.8) is 0 Å². The molecule has 2 aromatic carbocycles. The van der Waals surface area contributed by atoms with Crippen molar-refractivity contribution in [1.29, 1.82) is 0 Å². The molecule has 0 saturated carbocycles. The fourth-order valence-corrected chi connectivity index (χ4v) is 3.18. The fourth-order valence-electron chi connectivity index (χ4n) is 2.98. The molecule has 0 saturated heterocycles. The lowest BCUT2D eigenvalue weighted by Gasteiger charge is -2.05. The highest BCUT2D eigenvalue weighted by molar-refractivity contribution is 6.31. The highest BCUT2D eigenvalue weighted by Crippen LogP contribution is 2.16. The van der Waals surface area contributed by atoms with Gasteiger partial charge in [0.1, 0.15) is 5.82 Å². The van der Waals surface area contributed by atoms with Crippen LogP contribution < -0.4 is 5.32 Å². The van der Waals surface area contributed by atoms with Gasteiger partial charge in [0.15, 0.2) is 0 Å². The predicted octanol–water partition coefficient (Wildman–Crippen LogP) is 3.40. The summed E-state index contributed by atoms with van der Waals surface area (Å²) < 4.78 is 3.68. The Morgan fingerprint density at radius 1 is 1.15 bits per heavy atom. The lowest BCUT2D eigenvalue weighted by molar-refractivity contribution is 0.0949. The highest BCUT2D eigenvalue weighted by atomic mass is 35.5. The highest BCUT2D eigenvalue weighted by Gasteiger charge is 2.12. The first-order valence-corrected chi connectivity index (χ1v) is 8.94. The summed E-state index contributed by atoms with van der Waals surface area (Å²) in [6, 6.07) is 15.5. The molecule has 0 aliphatic rings. The zero-order chi connectivity index (χ0) is 18.8. The first-order chi connectivity index (χ1) is 13.1. The Balaban J connectivity index is 1.43. The topological polar surface area (TPSA) is 64.7 Å². The molecule has 4 aromatic rings. The summed E-state index contributed by atoms with van der Waals surface area (Å²) in [7, 11) is 1.94.